The molecule has 1 aliphatic heterocycles. The Kier molecular flexibility index (Phi) is 2.86. The molecule has 0 aromatic heterocycles. The van der Waals surface area contributed by atoms with Gasteiger partial charge in [0.15, 0.2) is 11.6 Å². The molecule has 0 radical (unpaired) electrons. The molecule has 6 rings (SSSR count). The molecule has 1 unspecified atom stereocenters. The van der Waals surface area contributed by atoms with Gasteiger partial charge in [-0.25, -0.2) is 4.39 Å². The SMILES string of the molecule is O=C1C2=C(C(=O)c3ccccc31)C1(NC(=O)c3ccccc31)c1ccc(F)cc12. The van der Waals surface area contributed by atoms with Crippen LogP contribution in [0.1, 0.15) is 47.8 Å². The number of halogens is 1. The summed E-state index contributed by atoms with van der Waals surface area (Å²) in [5.41, 5.74) is 1.58. The van der Waals surface area contributed by atoms with E-state index in [-0.39, 0.29) is 28.6 Å². The minimum atomic E-state index is -1.30. The van der Waals surface area contributed by atoms with Gasteiger partial charge in [0, 0.05) is 27.8 Å². The van der Waals surface area contributed by atoms with Crippen molar-refractivity contribution in [2.75, 3.05) is 0 Å². The van der Waals surface area contributed by atoms with Gasteiger partial charge in [-0.2, -0.15) is 0 Å². The van der Waals surface area contributed by atoms with E-state index in [2.05, 4.69) is 5.32 Å². The normalized spacial score (nSPS) is 21.1. The van der Waals surface area contributed by atoms with E-state index in [1.165, 1.54) is 12.1 Å². The predicted molar refractivity (Wildman–Crippen MR) is 103 cm³/mol. The van der Waals surface area contributed by atoms with Crippen molar-refractivity contribution >= 4 is 23.0 Å². The lowest BCUT2D eigenvalue weighted by atomic mass is 9.75. The minimum absolute atomic E-state index is 0.167. The summed E-state index contributed by atoms with van der Waals surface area (Å²) < 4.78 is 14.2. The molecule has 1 N–H and O–H groups in total. The van der Waals surface area contributed by atoms with Gasteiger partial charge in [0.05, 0.1) is 0 Å². The second kappa shape index (κ2) is 5.14. The van der Waals surface area contributed by atoms with E-state index in [0.717, 1.165) is 0 Å². The van der Waals surface area contributed by atoms with Crippen LogP contribution in [-0.2, 0) is 5.54 Å². The zero-order valence-electron chi connectivity index (χ0n) is 15.0. The first-order chi connectivity index (χ1) is 14.0. The maximum Gasteiger partial charge on any atom is 0.252 e. The number of amides is 1. The first kappa shape index (κ1) is 16.1. The van der Waals surface area contributed by atoms with Gasteiger partial charge in [0.1, 0.15) is 11.4 Å². The molecule has 0 fully saturated rings. The molecular formula is C24H12FNO3. The van der Waals surface area contributed by atoms with Gasteiger partial charge in [-0.3, -0.25) is 14.4 Å². The van der Waals surface area contributed by atoms with Gasteiger partial charge in [0.2, 0.25) is 0 Å². The monoisotopic (exact) mass is 381 g/mol. The second-order valence-electron chi connectivity index (χ2n) is 7.39. The van der Waals surface area contributed by atoms with Crippen LogP contribution in [-0.4, -0.2) is 17.5 Å². The summed E-state index contributed by atoms with van der Waals surface area (Å²) in [6, 6.07) is 17.7. The summed E-state index contributed by atoms with van der Waals surface area (Å²) >= 11 is 0. The number of fused-ring (bicyclic) bond motifs is 7. The Morgan fingerprint density at radius 3 is 2.07 bits per heavy atom. The summed E-state index contributed by atoms with van der Waals surface area (Å²) in [5.74, 6) is -1.51. The fraction of sp³-hybridized carbons (Fsp3) is 0.0417. The number of carbonyl (C=O) groups excluding carboxylic acids is 3. The minimum Gasteiger partial charge on any atom is -0.334 e. The quantitative estimate of drug-likeness (QED) is 0.646. The standard InChI is InChI=1S/C24H12FNO3/c25-12-9-10-18-16(11-12)19-20(22(28)14-6-2-1-5-13(14)21(19)27)24(18)17-8-4-3-7-15(17)23(29)26-24/h1-11H,(H,26,29). The third-order valence-corrected chi connectivity index (χ3v) is 6.03. The van der Waals surface area contributed by atoms with Crippen LogP contribution in [0.3, 0.4) is 0 Å². The maximum atomic E-state index is 14.2. The molecule has 0 saturated carbocycles. The molecule has 3 aliphatic rings. The van der Waals surface area contributed by atoms with Crippen LogP contribution in [0.5, 0.6) is 0 Å². The fourth-order valence-electron chi connectivity index (χ4n) is 4.90. The number of nitrogens with one attached hydrogen (secondary N) is 1. The summed E-state index contributed by atoms with van der Waals surface area (Å²) in [6.07, 6.45) is 0. The highest BCUT2D eigenvalue weighted by Crippen LogP contribution is 2.55. The van der Waals surface area contributed by atoms with Crippen LogP contribution in [0, 0.1) is 5.82 Å². The Labute approximate surface area is 164 Å². The highest BCUT2D eigenvalue weighted by molar-refractivity contribution is 6.43. The van der Waals surface area contributed by atoms with E-state index < -0.39 is 11.4 Å². The Bertz CT molecular complexity index is 1350. The van der Waals surface area contributed by atoms with Crippen molar-refractivity contribution in [1.29, 1.82) is 0 Å². The first-order valence-electron chi connectivity index (χ1n) is 9.19. The molecule has 138 valence electrons. The Morgan fingerprint density at radius 1 is 0.690 bits per heavy atom. The molecular weight excluding hydrogens is 369 g/mol. The van der Waals surface area contributed by atoms with Gasteiger partial charge < -0.3 is 5.32 Å². The molecule has 0 bridgehead atoms. The largest absolute Gasteiger partial charge is 0.334 e. The van der Waals surface area contributed by atoms with E-state index in [1.807, 2.05) is 0 Å². The zero-order chi connectivity index (χ0) is 19.9. The molecule has 1 spiro atoms. The van der Waals surface area contributed by atoms with Gasteiger partial charge >= 0.3 is 0 Å². The van der Waals surface area contributed by atoms with Crippen LogP contribution in [0.25, 0.3) is 5.57 Å². The first-order valence-corrected chi connectivity index (χ1v) is 9.19. The number of allylic oxidation sites excluding steroid dienone is 1. The van der Waals surface area contributed by atoms with E-state index in [4.69, 9.17) is 0 Å². The molecule has 0 saturated heterocycles. The number of Topliss-reactive ketones (excluding diaryl/α,β-unsaturated/α-hetero) is 2. The molecule has 5 heteroatoms. The molecule has 3 aromatic carbocycles. The Balaban J connectivity index is 1.77. The zero-order valence-corrected chi connectivity index (χ0v) is 15.0. The van der Waals surface area contributed by atoms with Crippen LogP contribution in [0.15, 0.2) is 72.3 Å². The number of hydrogen-bond acceptors (Lipinski definition) is 3. The van der Waals surface area contributed by atoms with Crippen LogP contribution in [0.4, 0.5) is 4.39 Å². The number of rotatable bonds is 0. The highest BCUT2D eigenvalue weighted by Gasteiger charge is 2.57. The van der Waals surface area contributed by atoms with E-state index in [9.17, 15) is 18.8 Å². The van der Waals surface area contributed by atoms with E-state index in [1.54, 1.807) is 54.6 Å². The lowest BCUT2D eigenvalue weighted by Crippen LogP contribution is -2.44. The lowest BCUT2D eigenvalue weighted by molar-refractivity contribution is 0.0934. The number of benzene rings is 3. The van der Waals surface area contributed by atoms with Crippen molar-refractivity contribution in [2.24, 2.45) is 0 Å². The Hall–Kier alpha value is -3.86. The average Bonchev–Trinajstić information content (AvgIpc) is 3.19. The van der Waals surface area contributed by atoms with Gasteiger partial charge in [-0.15, -0.1) is 0 Å². The fourth-order valence-corrected chi connectivity index (χ4v) is 4.90. The average molecular weight is 381 g/mol. The summed E-state index contributed by atoms with van der Waals surface area (Å²) in [6.45, 7) is 0. The van der Waals surface area contributed by atoms with Crippen molar-refractivity contribution < 1.29 is 18.8 Å². The number of carbonyl (C=O) groups is 3. The molecule has 3 aromatic rings. The van der Waals surface area contributed by atoms with Crippen molar-refractivity contribution in [1.82, 2.24) is 5.32 Å². The molecule has 1 amide bonds. The van der Waals surface area contributed by atoms with Crippen molar-refractivity contribution in [3.63, 3.8) is 0 Å². The van der Waals surface area contributed by atoms with Crippen LogP contribution >= 0.6 is 0 Å². The molecule has 1 heterocycles. The molecule has 2 aliphatic carbocycles. The molecule has 1 atom stereocenters. The van der Waals surface area contributed by atoms with E-state index >= 15 is 0 Å². The number of ketones is 2. The second-order valence-corrected chi connectivity index (χ2v) is 7.39. The highest BCUT2D eigenvalue weighted by atomic mass is 19.1. The molecule has 4 nitrogen and oxygen atoms in total. The van der Waals surface area contributed by atoms with Crippen molar-refractivity contribution in [3.05, 3.63) is 112 Å². The molecule has 29 heavy (non-hydrogen) atoms. The van der Waals surface area contributed by atoms with Gasteiger partial charge in [-0.1, -0.05) is 48.5 Å². The van der Waals surface area contributed by atoms with Crippen molar-refractivity contribution in [3.8, 4) is 0 Å². The summed E-state index contributed by atoms with van der Waals surface area (Å²) in [5, 5.41) is 2.96. The van der Waals surface area contributed by atoms with Gasteiger partial charge in [-0.05, 0) is 34.9 Å². The Morgan fingerprint density at radius 2 is 1.31 bits per heavy atom. The summed E-state index contributed by atoms with van der Waals surface area (Å²) in [4.78, 5) is 39.8. The van der Waals surface area contributed by atoms with Crippen LogP contribution < -0.4 is 5.32 Å². The smallest absolute Gasteiger partial charge is 0.252 e. The van der Waals surface area contributed by atoms with Crippen LogP contribution in [0.2, 0.25) is 0 Å². The van der Waals surface area contributed by atoms with Crippen molar-refractivity contribution in [2.45, 2.75) is 5.54 Å². The maximum absolute atomic E-state index is 14.2. The van der Waals surface area contributed by atoms with E-state index in [0.29, 0.717) is 33.4 Å². The topological polar surface area (TPSA) is 63.2 Å². The third kappa shape index (κ3) is 1.75. The third-order valence-electron chi connectivity index (χ3n) is 6.03. The number of hydrogen-bond donors (Lipinski definition) is 1. The predicted octanol–water partition coefficient (Wildman–Crippen LogP) is 3.66. The summed E-state index contributed by atoms with van der Waals surface area (Å²) in [7, 11) is 0. The lowest BCUT2D eigenvalue weighted by Gasteiger charge is -2.31. The van der Waals surface area contributed by atoms with Gasteiger partial charge in [0.25, 0.3) is 5.91 Å².